The summed E-state index contributed by atoms with van der Waals surface area (Å²) in [6, 6.07) is 3.55. The first-order chi connectivity index (χ1) is 15.4. The number of carboxylic acids is 1. The minimum absolute atomic E-state index is 0.0429. The molecule has 170 valence electrons. The lowest BCUT2D eigenvalue weighted by molar-refractivity contribution is -0.142. The Morgan fingerprint density at radius 2 is 2.09 bits per heavy atom. The third-order valence-corrected chi connectivity index (χ3v) is 5.69. The molecule has 2 atom stereocenters. The van der Waals surface area contributed by atoms with Crippen LogP contribution in [0.4, 0.5) is 10.6 Å². The van der Waals surface area contributed by atoms with Crippen LogP contribution in [0.15, 0.2) is 24.3 Å². The SMILES string of the molecule is Cc1nc(-c2nnn(C)c2NC(=O)OCC2CC2)ccc1OC[C@H]1C=CC[C@H](C(=O)O)C1. The number of aryl methyl sites for hydroxylation is 2. The number of pyridine rings is 1. The quantitative estimate of drug-likeness (QED) is 0.598. The van der Waals surface area contributed by atoms with E-state index in [0.717, 1.165) is 12.8 Å². The van der Waals surface area contributed by atoms with E-state index >= 15 is 0 Å². The van der Waals surface area contributed by atoms with E-state index in [0.29, 0.717) is 60.6 Å². The molecule has 0 saturated heterocycles. The fourth-order valence-electron chi connectivity index (χ4n) is 3.61. The number of carbonyl (C=O) groups is 2. The Morgan fingerprint density at radius 1 is 1.28 bits per heavy atom. The molecule has 2 aromatic heterocycles. The molecular formula is C22H27N5O5. The van der Waals surface area contributed by atoms with Gasteiger partial charge in [0.25, 0.3) is 0 Å². The third kappa shape index (κ3) is 5.24. The fraction of sp³-hybridized carbons (Fsp3) is 0.500. The lowest BCUT2D eigenvalue weighted by atomic mass is 9.87. The summed E-state index contributed by atoms with van der Waals surface area (Å²) in [6.07, 6.45) is 6.69. The minimum Gasteiger partial charge on any atom is -0.491 e. The Labute approximate surface area is 185 Å². The third-order valence-electron chi connectivity index (χ3n) is 5.69. The second-order valence-corrected chi connectivity index (χ2v) is 8.36. The molecular weight excluding hydrogens is 414 g/mol. The van der Waals surface area contributed by atoms with Crippen LogP contribution < -0.4 is 10.1 Å². The predicted molar refractivity (Wildman–Crippen MR) is 115 cm³/mol. The Kier molecular flexibility index (Phi) is 6.38. The van der Waals surface area contributed by atoms with Gasteiger partial charge in [0.2, 0.25) is 0 Å². The Balaban J connectivity index is 1.41. The molecule has 2 aliphatic carbocycles. The van der Waals surface area contributed by atoms with E-state index in [2.05, 4.69) is 20.6 Å². The molecule has 0 bridgehead atoms. The first kappa shape index (κ1) is 21.8. The van der Waals surface area contributed by atoms with E-state index in [1.165, 1.54) is 4.68 Å². The lowest BCUT2D eigenvalue weighted by Gasteiger charge is -2.22. The molecule has 2 aromatic rings. The highest BCUT2D eigenvalue weighted by Gasteiger charge is 2.25. The number of rotatable bonds is 8. The molecule has 0 unspecified atom stereocenters. The maximum Gasteiger partial charge on any atom is 0.412 e. The molecule has 0 radical (unpaired) electrons. The van der Waals surface area contributed by atoms with E-state index in [9.17, 15) is 14.7 Å². The number of carboxylic acid groups (broad SMARTS) is 1. The molecule has 0 spiro atoms. The monoisotopic (exact) mass is 441 g/mol. The smallest absolute Gasteiger partial charge is 0.412 e. The number of aliphatic carboxylic acids is 1. The van der Waals surface area contributed by atoms with Gasteiger partial charge in [0.05, 0.1) is 30.5 Å². The second-order valence-electron chi connectivity index (χ2n) is 8.36. The molecule has 1 fully saturated rings. The predicted octanol–water partition coefficient (Wildman–Crippen LogP) is 3.19. The zero-order valence-electron chi connectivity index (χ0n) is 18.2. The molecule has 10 heteroatoms. The van der Waals surface area contributed by atoms with E-state index in [1.807, 2.05) is 19.1 Å². The van der Waals surface area contributed by atoms with E-state index in [-0.39, 0.29) is 11.8 Å². The molecule has 10 nitrogen and oxygen atoms in total. The molecule has 2 heterocycles. The summed E-state index contributed by atoms with van der Waals surface area (Å²) in [4.78, 5) is 27.9. The van der Waals surface area contributed by atoms with Gasteiger partial charge in [-0.1, -0.05) is 17.4 Å². The van der Waals surface area contributed by atoms with Crippen molar-refractivity contribution >= 4 is 17.9 Å². The average Bonchev–Trinajstić information content (AvgIpc) is 3.54. The molecule has 2 aliphatic rings. The molecule has 1 saturated carbocycles. The van der Waals surface area contributed by atoms with Gasteiger partial charge in [-0.05, 0) is 50.7 Å². The van der Waals surface area contributed by atoms with Crippen LogP contribution in [0.2, 0.25) is 0 Å². The maximum atomic E-state index is 12.1. The zero-order chi connectivity index (χ0) is 22.7. The first-order valence-corrected chi connectivity index (χ1v) is 10.7. The van der Waals surface area contributed by atoms with Crippen molar-refractivity contribution in [3.63, 3.8) is 0 Å². The van der Waals surface area contributed by atoms with Crippen molar-refractivity contribution in [2.75, 3.05) is 18.5 Å². The number of nitrogens with zero attached hydrogens (tertiary/aromatic N) is 4. The van der Waals surface area contributed by atoms with Crippen molar-refractivity contribution in [3.8, 4) is 17.1 Å². The van der Waals surface area contributed by atoms with Crippen molar-refractivity contribution in [1.82, 2.24) is 20.0 Å². The van der Waals surface area contributed by atoms with Crippen LogP contribution in [0, 0.1) is 24.7 Å². The Hall–Kier alpha value is -3.43. The minimum atomic E-state index is -0.772. The van der Waals surface area contributed by atoms with Crippen molar-refractivity contribution in [1.29, 1.82) is 0 Å². The highest BCUT2D eigenvalue weighted by Crippen LogP contribution is 2.30. The molecule has 2 N–H and O–H groups in total. The summed E-state index contributed by atoms with van der Waals surface area (Å²) in [5, 5.41) is 20.1. The van der Waals surface area contributed by atoms with Gasteiger partial charge in [-0.25, -0.2) is 14.5 Å². The van der Waals surface area contributed by atoms with Crippen LogP contribution in [0.1, 0.15) is 31.4 Å². The zero-order valence-corrected chi connectivity index (χ0v) is 18.2. The largest absolute Gasteiger partial charge is 0.491 e. The summed E-state index contributed by atoms with van der Waals surface area (Å²) in [5.74, 6) is 0.391. The number of aromatic nitrogens is 4. The van der Waals surface area contributed by atoms with Crippen LogP contribution in [0.5, 0.6) is 5.75 Å². The molecule has 0 aliphatic heterocycles. The van der Waals surface area contributed by atoms with Crippen molar-refractivity contribution < 1.29 is 24.2 Å². The van der Waals surface area contributed by atoms with Gasteiger partial charge in [0.1, 0.15) is 5.75 Å². The molecule has 4 rings (SSSR count). The Bertz CT molecular complexity index is 1030. The second kappa shape index (κ2) is 9.37. The molecule has 1 amide bonds. The summed E-state index contributed by atoms with van der Waals surface area (Å²) in [6.45, 7) is 2.62. The van der Waals surface area contributed by atoms with Gasteiger partial charge in [-0.3, -0.25) is 10.1 Å². The number of hydrogen-bond donors (Lipinski definition) is 2. The van der Waals surface area contributed by atoms with Crippen molar-refractivity contribution in [2.24, 2.45) is 24.8 Å². The highest BCUT2D eigenvalue weighted by atomic mass is 16.5. The number of anilines is 1. The number of nitrogens with one attached hydrogen (secondary N) is 1. The number of ether oxygens (including phenoxy) is 2. The first-order valence-electron chi connectivity index (χ1n) is 10.7. The molecule has 32 heavy (non-hydrogen) atoms. The van der Waals surface area contributed by atoms with Gasteiger partial charge in [-0.15, -0.1) is 5.10 Å². The lowest BCUT2D eigenvalue weighted by Crippen LogP contribution is -2.23. The van der Waals surface area contributed by atoms with Crippen molar-refractivity contribution in [2.45, 2.75) is 32.6 Å². The summed E-state index contributed by atoms with van der Waals surface area (Å²) >= 11 is 0. The summed E-state index contributed by atoms with van der Waals surface area (Å²) < 4.78 is 12.6. The number of allylic oxidation sites excluding steroid dienone is 1. The van der Waals surface area contributed by atoms with Gasteiger partial charge in [0, 0.05) is 13.0 Å². The van der Waals surface area contributed by atoms with Gasteiger partial charge in [0.15, 0.2) is 11.5 Å². The Morgan fingerprint density at radius 3 is 2.81 bits per heavy atom. The van der Waals surface area contributed by atoms with E-state index < -0.39 is 12.1 Å². The van der Waals surface area contributed by atoms with Crippen LogP contribution in [-0.4, -0.2) is 50.4 Å². The van der Waals surface area contributed by atoms with Gasteiger partial charge >= 0.3 is 12.1 Å². The van der Waals surface area contributed by atoms with Gasteiger partial charge < -0.3 is 14.6 Å². The summed E-state index contributed by atoms with van der Waals surface area (Å²) in [5.41, 5.74) is 1.64. The molecule has 0 aromatic carbocycles. The average molecular weight is 441 g/mol. The van der Waals surface area contributed by atoms with Crippen LogP contribution >= 0.6 is 0 Å². The topological polar surface area (TPSA) is 128 Å². The maximum absolute atomic E-state index is 12.1. The van der Waals surface area contributed by atoms with Crippen molar-refractivity contribution in [3.05, 3.63) is 30.0 Å². The van der Waals surface area contributed by atoms with E-state index in [4.69, 9.17) is 9.47 Å². The highest BCUT2D eigenvalue weighted by molar-refractivity contribution is 5.88. The van der Waals surface area contributed by atoms with Crippen LogP contribution in [0.25, 0.3) is 11.4 Å². The van der Waals surface area contributed by atoms with Crippen LogP contribution in [0.3, 0.4) is 0 Å². The fourth-order valence-corrected chi connectivity index (χ4v) is 3.61. The van der Waals surface area contributed by atoms with E-state index in [1.54, 1.807) is 19.2 Å². The number of amides is 1. The number of hydrogen-bond acceptors (Lipinski definition) is 7. The standard InChI is InChI=1S/C22H27N5O5/c1-13-18(31-12-15-4-3-5-16(10-15)21(28)29)9-8-17(23-13)19-20(27(2)26-25-19)24-22(30)32-11-14-6-7-14/h3-4,8-9,14-16H,5-7,10-12H2,1-2H3,(H,24,30)(H,28,29)/t15-,16-/m0/s1. The summed E-state index contributed by atoms with van der Waals surface area (Å²) in [7, 11) is 1.68. The normalized spacial score (nSPS) is 20.1. The van der Waals surface area contributed by atoms with Crippen LogP contribution in [-0.2, 0) is 16.6 Å². The number of carbonyl (C=O) groups excluding carboxylic acids is 1. The van der Waals surface area contributed by atoms with Gasteiger partial charge in [-0.2, -0.15) is 0 Å².